The van der Waals surface area contributed by atoms with Gasteiger partial charge in [0.15, 0.2) is 0 Å². The number of nitrogens with zero attached hydrogens (tertiary/aromatic N) is 1. The minimum Gasteiger partial charge on any atom is -0.481 e. The first-order valence-corrected chi connectivity index (χ1v) is 5.81. The van der Waals surface area contributed by atoms with E-state index >= 15 is 0 Å². The maximum atomic E-state index is 12.7. The van der Waals surface area contributed by atoms with Crippen LogP contribution >= 0.6 is 0 Å². The van der Waals surface area contributed by atoms with E-state index in [-0.39, 0.29) is 18.1 Å². The molecular formula is C13H14FNO3. The summed E-state index contributed by atoms with van der Waals surface area (Å²) in [6, 6.07) is 5.96. The van der Waals surface area contributed by atoms with E-state index in [0.717, 1.165) is 5.56 Å². The van der Waals surface area contributed by atoms with E-state index in [9.17, 15) is 14.0 Å². The number of carbonyl (C=O) groups excluding carboxylic acids is 1. The van der Waals surface area contributed by atoms with Gasteiger partial charge in [0.05, 0.1) is 5.92 Å². The summed E-state index contributed by atoms with van der Waals surface area (Å²) in [7, 11) is 0. The SMILES string of the molecule is O=C(O)C1CCN(Cc2ccc(F)cc2)C(=O)C1. The van der Waals surface area contributed by atoms with Crippen LogP contribution in [0, 0.1) is 11.7 Å². The third kappa shape index (κ3) is 2.85. The van der Waals surface area contributed by atoms with Gasteiger partial charge in [-0.1, -0.05) is 12.1 Å². The third-order valence-electron chi connectivity index (χ3n) is 3.16. The highest BCUT2D eigenvalue weighted by Gasteiger charge is 2.29. The minimum atomic E-state index is -0.912. The Kier molecular flexibility index (Phi) is 3.60. The molecule has 1 aliphatic rings. The van der Waals surface area contributed by atoms with Gasteiger partial charge in [-0.05, 0) is 24.1 Å². The number of piperidine rings is 1. The molecule has 0 aromatic heterocycles. The molecule has 2 rings (SSSR count). The van der Waals surface area contributed by atoms with Crippen molar-refractivity contribution in [1.82, 2.24) is 4.90 Å². The second kappa shape index (κ2) is 5.16. The minimum absolute atomic E-state index is 0.0521. The van der Waals surface area contributed by atoms with Crippen LogP contribution in [0.15, 0.2) is 24.3 Å². The van der Waals surface area contributed by atoms with Gasteiger partial charge in [0, 0.05) is 19.5 Å². The summed E-state index contributed by atoms with van der Waals surface area (Å²) in [5.41, 5.74) is 0.846. The molecule has 18 heavy (non-hydrogen) atoms. The van der Waals surface area contributed by atoms with Crippen molar-refractivity contribution >= 4 is 11.9 Å². The molecule has 1 aromatic carbocycles. The quantitative estimate of drug-likeness (QED) is 0.888. The standard InChI is InChI=1S/C13H14FNO3/c14-11-3-1-9(2-4-11)8-15-6-5-10(13(17)18)7-12(15)16/h1-4,10H,5-8H2,(H,17,18). The zero-order chi connectivity index (χ0) is 13.1. The molecule has 0 spiro atoms. The van der Waals surface area contributed by atoms with Gasteiger partial charge in [-0.25, -0.2) is 4.39 Å². The number of likely N-dealkylation sites (tertiary alicyclic amines) is 1. The second-order valence-electron chi connectivity index (χ2n) is 4.47. The molecule has 1 atom stereocenters. The van der Waals surface area contributed by atoms with Crippen molar-refractivity contribution in [3.8, 4) is 0 Å². The summed E-state index contributed by atoms with van der Waals surface area (Å²) in [4.78, 5) is 24.2. The molecular weight excluding hydrogens is 237 g/mol. The number of amides is 1. The van der Waals surface area contributed by atoms with E-state index in [0.29, 0.717) is 19.5 Å². The van der Waals surface area contributed by atoms with Gasteiger partial charge in [0.1, 0.15) is 5.82 Å². The van der Waals surface area contributed by atoms with Gasteiger partial charge < -0.3 is 10.0 Å². The van der Waals surface area contributed by atoms with Crippen molar-refractivity contribution in [2.45, 2.75) is 19.4 Å². The number of halogens is 1. The lowest BCUT2D eigenvalue weighted by molar-refractivity contribution is -0.149. The van der Waals surface area contributed by atoms with E-state index in [1.807, 2.05) is 0 Å². The smallest absolute Gasteiger partial charge is 0.307 e. The van der Waals surface area contributed by atoms with E-state index in [4.69, 9.17) is 5.11 Å². The fourth-order valence-corrected chi connectivity index (χ4v) is 2.07. The van der Waals surface area contributed by atoms with Crippen molar-refractivity contribution in [1.29, 1.82) is 0 Å². The summed E-state index contributed by atoms with van der Waals surface area (Å²) in [6.45, 7) is 0.846. The number of carboxylic acid groups (broad SMARTS) is 1. The molecule has 1 heterocycles. The summed E-state index contributed by atoms with van der Waals surface area (Å²) >= 11 is 0. The van der Waals surface area contributed by atoms with Gasteiger partial charge in [0.25, 0.3) is 0 Å². The lowest BCUT2D eigenvalue weighted by Crippen LogP contribution is -2.40. The molecule has 4 nitrogen and oxygen atoms in total. The lowest BCUT2D eigenvalue weighted by Gasteiger charge is -2.30. The van der Waals surface area contributed by atoms with Gasteiger partial charge in [0.2, 0.25) is 5.91 Å². The lowest BCUT2D eigenvalue weighted by atomic mass is 9.96. The fourth-order valence-electron chi connectivity index (χ4n) is 2.07. The third-order valence-corrected chi connectivity index (χ3v) is 3.16. The van der Waals surface area contributed by atoms with Crippen LogP contribution in [0.5, 0.6) is 0 Å². The first kappa shape index (κ1) is 12.5. The maximum absolute atomic E-state index is 12.7. The Hall–Kier alpha value is -1.91. The Morgan fingerprint density at radius 2 is 2.06 bits per heavy atom. The molecule has 0 saturated carbocycles. The van der Waals surface area contributed by atoms with Crippen LogP contribution in [0.1, 0.15) is 18.4 Å². The van der Waals surface area contributed by atoms with Gasteiger partial charge >= 0.3 is 5.97 Å². The number of rotatable bonds is 3. The van der Waals surface area contributed by atoms with Crippen molar-refractivity contribution in [2.24, 2.45) is 5.92 Å². The van der Waals surface area contributed by atoms with Crippen molar-refractivity contribution in [3.63, 3.8) is 0 Å². The van der Waals surface area contributed by atoms with E-state index in [1.165, 1.54) is 12.1 Å². The average molecular weight is 251 g/mol. The second-order valence-corrected chi connectivity index (χ2v) is 4.47. The molecule has 1 N–H and O–H groups in total. The summed E-state index contributed by atoms with van der Waals surface area (Å²) < 4.78 is 12.7. The molecule has 1 saturated heterocycles. The molecule has 0 radical (unpaired) electrons. The molecule has 0 bridgehead atoms. The number of carboxylic acids is 1. The molecule has 0 aliphatic carbocycles. The maximum Gasteiger partial charge on any atom is 0.307 e. The van der Waals surface area contributed by atoms with Gasteiger partial charge in [-0.3, -0.25) is 9.59 Å². The molecule has 1 fully saturated rings. The fraction of sp³-hybridized carbons (Fsp3) is 0.385. The molecule has 5 heteroatoms. The predicted octanol–water partition coefficient (Wildman–Crippen LogP) is 1.65. The van der Waals surface area contributed by atoms with E-state index < -0.39 is 11.9 Å². The number of benzene rings is 1. The highest BCUT2D eigenvalue weighted by Crippen LogP contribution is 2.20. The van der Waals surface area contributed by atoms with Crippen molar-refractivity contribution in [3.05, 3.63) is 35.6 Å². The van der Waals surface area contributed by atoms with Crippen LogP contribution < -0.4 is 0 Å². The first-order chi connectivity index (χ1) is 8.56. The molecule has 96 valence electrons. The van der Waals surface area contributed by atoms with Crippen LogP contribution in [0.4, 0.5) is 4.39 Å². The van der Waals surface area contributed by atoms with Crippen LogP contribution in [-0.2, 0) is 16.1 Å². The topological polar surface area (TPSA) is 57.6 Å². The summed E-state index contributed by atoms with van der Waals surface area (Å²) in [5.74, 6) is -1.95. The van der Waals surface area contributed by atoms with E-state index in [1.54, 1.807) is 17.0 Å². The van der Waals surface area contributed by atoms with Crippen molar-refractivity contribution < 1.29 is 19.1 Å². The monoisotopic (exact) mass is 251 g/mol. The molecule has 1 amide bonds. The Bertz CT molecular complexity index is 458. The molecule has 1 aliphatic heterocycles. The average Bonchev–Trinajstić information content (AvgIpc) is 2.34. The number of hydrogen-bond donors (Lipinski definition) is 1. The van der Waals surface area contributed by atoms with Crippen LogP contribution in [0.3, 0.4) is 0 Å². The first-order valence-electron chi connectivity index (χ1n) is 5.81. The number of carbonyl (C=O) groups is 2. The number of hydrogen-bond acceptors (Lipinski definition) is 2. The summed E-state index contributed by atoms with van der Waals surface area (Å²) in [6.07, 6.45) is 0.527. The zero-order valence-corrected chi connectivity index (χ0v) is 9.80. The van der Waals surface area contributed by atoms with Crippen molar-refractivity contribution in [2.75, 3.05) is 6.54 Å². The largest absolute Gasteiger partial charge is 0.481 e. The van der Waals surface area contributed by atoms with E-state index in [2.05, 4.69) is 0 Å². The van der Waals surface area contributed by atoms with Gasteiger partial charge in [-0.15, -0.1) is 0 Å². The normalized spacial score (nSPS) is 19.9. The van der Waals surface area contributed by atoms with Crippen LogP contribution in [0.25, 0.3) is 0 Å². The Labute approximate surface area is 104 Å². The molecule has 1 aromatic rings. The Balaban J connectivity index is 1.97. The predicted molar refractivity (Wildman–Crippen MR) is 62.2 cm³/mol. The highest BCUT2D eigenvalue weighted by molar-refractivity contribution is 5.83. The van der Waals surface area contributed by atoms with Crippen LogP contribution in [-0.4, -0.2) is 28.4 Å². The zero-order valence-electron chi connectivity index (χ0n) is 9.80. The highest BCUT2D eigenvalue weighted by atomic mass is 19.1. The Morgan fingerprint density at radius 3 is 2.61 bits per heavy atom. The van der Waals surface area contributed by atoms with Crippen LogP contribution in [0.2, 0.25) is 0 Å². The Morgan fingerprint density at radius 1 is 1.39 bits per heavy atom. The number of aliphatic carboxylic acids is 1. The van der Waals surface area contributed by atoms with Gasteiger partial charge in [-0.2, -0.15) is 0 Å². The molecule has 1 unspecified atom stereocenters. The summed E-state index contributed by atoms with van der Waals surface area (Å²) in [5, 5.41) is 8.85.